The Kier molecular flexibility index (Phi) is 22.3. The van der Waals surface area contributed by atoms with Crippen LogP contribution in [0.25, 0.3) is 0 Å². The van der Waals surface area contributed by atoms with Crippen LogP contribution in [-0.2, 0) is 0 Å². The van der Waals surface area contributed by atoms with E-state index in [1.54, 1.807) is 0 Å². The van der Waals surface area contributed by atoms with E-state index in [-0.39, 0.29) is 5.56 Å². The van der Waals surface area contributed by atoms with E-state index in [0.29, 0.717) is 17.9 Å². The first kappa shape index (κ1) is 37.2. The Bertz CT molecular complexity index is 725. The Morgan fingerprint density at radius 2 is 1.54 bits per heavy atom. The molecule has 0 saturated heterocycles. The maximum atomic E-state index is 12.2. The van der Waals surface area contributed by atoms with Gasteiger partial charge >= 0.3 is 6.18 Å². The van der Waals surface area contributed by atoms with Gasteiger partial charge in [-0.05, 0) is 62.5 Å². The number of nitrogens with zero attached hydrogens (tertiary/aromatic N) is 1. The Hall–Kier alpha value is -1.91. The highest BCUT2D eigenvalue weighted by atomic mass is 19.4. The van der Waals surface area contributed by atoms with Crippen molar-refractivity contribution in [1.29, 1.82) is 0 Å². The van der Waals surface area contributed by atoms with E-state index in [9.17, 15) is 18.0 Å². The van der Waals surface area contributed by atoms with Crippen molar-refractivity contribution in [2.75, 3.05) is 0 Å². The number of hydrogen-bond acceptors (Lipinski definition) is 2. The zero-order valence-corrected chi connectivity index (χ0v) is 24.9. The number of carbonyl (C=O) groups is 1. The van der Waals surface area contributed by atoms with Gasteiger partial charge in [0, 0.05) is 17.8 Å². The molecule has 0 aliphatic heterocycles. The molecule has 0 bridgehead atoms. The molecule has 1 fully saturated rings. The van der Waals surface area contributed by atoms with Crippen molar-refractivity contribution in [3.05, 3.63) is 47.5 Å². The zero-order valence-electron chi connectivity index (χ0n) is 24.9. The van der Waals surface area contributed by atoms with E-state index < -0.39 is 12.1 Å². The predicted octanol–water partition coefficient (Wildman–Crippen LogP) is 10.9. The van der Waals surface area contributed by atoms with Gasteiger partial charge in [0.05, 0.1) is 5.92 Å². The number of aldehydes is 1. The van der Waals surface area contributed by atoms with Gasteiger partial charge in [-0.2, -0.15) is 13.2 Å². The number of hydrogen-bond donors (Lipinski definition) is 0. The van der Waals surface area contributed by atoms with Crippen molar-refractivity contribution in [2.45, 2.75) is 125 Å². The number of rotatable bonds is 9. The maximum absolute atomic E-state index is 12.2. The van der Waals surface area contributed by atoms with Crippen molar-refractivity contribution in [2.24, 2.45) is 22.7 Å². The predicted molar refractivity (Wildman–Crippen MR) is 156 cm³/mol. The van der Waals surface area contributed by atoms with Gasteiger partial charge in [-0.25, -0.2) is 0 Å². The lowest BCUT2D eigenvalue weighted by atomic mass is 9.72. The van der Waals surface area contributed by atoms with Crippen LogP contribution < -0.4 is 0 Å². The monoisotopic (exact) mass is 525 g/mol. The van der Waals surface area contributed by atoms with Gasteiger partial charge in [-0.1, -0.05) is 104 Å². The van der Waals surface area contributed by atoms with Crippen LogP contribution in [0.2, 0.25) is 0 Å². The third-order valence-electron chi connectivity index (χ3n) is 6.83. The van der Waals surface area contributed by atoms with Gasteiger partial charge in [0.1, 0.15) is 6.29 Å². The molecule has 0 spiro atoms. The van der Waals surface area contributed by atoms with Crippen LogP contribution in [0.3, 0.4) is 0 Å². The number of halogens is 3. The average Bonchev–Trinajstić information content (AvgIpc) is 2.93. The fraction of sp³-hybridized carbons (Fsp3) is 0.688. The summed E-state index contributed by atoms with van der Waals surface area (Å²) in [6, 6.07) is 5.90. The van der Waals surface area contributed by atoms with Crippen molar-refractivity contribution >= 4 is 12.5 Å². The first-order valence-corrected chi connectivity index (χ1v) is 14.4. The molecule has 2 rings (SSSR count). The van der Waals surface area contributed by atoms with Crippen molar-refractivity contribution in [1.82, 2.24) is 0 Å². The van der Waals surface area contributed by atoms with E-state index >= 15 is 0 Å². The molecule has 0 radical (unpaired) electrons. The summed E-state index contributed by atoms with van der Waals surface area (Å²) in [6.07, 6.45) is 12.1. The molecule has 1 aliphatic rings. The molecule has 0 amide bonds. The maximum Gasteiger partial charge on any atom is 0.395 e. The SMILES string of the molecule is CC.CC.CC(c1ccc(C=O)cc1)C(F)(F)F.CC/C=C\C=NC(C)C1CCCC(C(C)CCC)C1. The molecule has 1 saturated carbocycles. The highest BCUT2D eigenvalue weighted by molar-refractivity contribution is 5.74. The van der Waals surface area contributed by atoms with Gasteiger partial charge in [0.2, 0.25) is 0 Å². The number of benzene rings is 1. The second-order valence-electron chi connectivity index (χ2n) is 9.38. The van der Waals surface area contributed by atoms with E-state index in [1.807, 2.05) is 33.9 Å². The number of carbonyl (C=O) groups excluding carboxylic acids is 1. The second-order valence-corrected chi connectivity index (χ2v) is 9.38. The summed E-state index contributed by atoms with van der Waals surface area (Å²) in [5.74, 6) is 1.17. The van der Waals surface area contributed by atoms with E-state index in [4.69, 9.17) is 4.99 Å². The lowest BCUT2D eigenvalue weighted by Crippen LogP contribution is -2.27. The Morgan fingerprint density at radius 1 is 0.973 bits per heavy atom. The van der Waals surface area contributed by atoms with Crippen molar-refractivity contribution in [3.63, 3.8) is 0 Å². The molecule has 5 unspecified atom stereocenters. The fourth-order valence-corrected chi connectivity index (χ4v) is 4.47. The number of allylic oxidation sites excluding steroid dienone is 2. The minimum absolute atomic E-state index is 0.170. The molecule has 1 aromatic rings. The minimum Gasteiger partial charge on any atom is -0.298 e. The molecule has 5 heteroatoms. The summed E-state index contributed by atoms with van der Waals surface area (Å²) < 4.78 is 36.7. The third kappa shape index (κ3) is 15.8. The molecule has 5 atom stereocenters. The number of alkyl halides is 3. The molecule has 1 aromatic carbocycles. The Labute approximate surface area is 226 Å². The Morgan fingerprint density at radius 3 is 2.03 bits per heavy atom. The molecule has 0 N–H and O–H groups in total. The van der Waals surface area contributed by atoms with E-state index in [2.05, 4.69) is 39.8 Å². The van der Waals surface area contributed by atoms with Crippen LogP contribution in [0, 0.1) is 17.8 Å². The zero-order chi connectivity index (χ0) is 28.9. The summed E-state index contributed by atoms with van der Waals surface area (Å²) in [5.41, 5.74) is 0.547. The van der Waals surface area contributed by atoms with Gasteiger partial charge in [-0.15, -0.1) is 0 Å². The van der Waals surface area contributed by atoms with Crippen LogP contribution in [0.15, 0.2) is 41.4 Å². The molecule has 0 aromatic heterocycles. The molecule has 0 heterocycles. The van der Waals surface area contributed by atoms with Crippen LogP contribution in [-0.4, -0.2) is 24.7 Å². The van der Waals surface area contributed by atoms with Gasteiger partial charge in [0.15, 0.2) is 0 Å². The molecule has 1 aliphatic carbocycles. The van der Waals surface area contributed by atoms with Gasteiger partial charge in [-0.3, -0.25) is 9.79 Å². The Balaban J connectivity index is 0. The van der Waals surface area contributed by atoms with Crippen LogP contribution in [0.5, 0.6) is 0 Å². The van der Waals surface area contributed by atoms with E-state index in [0.717, 1.165) is 31.1 Å². The summed E-state index contributed by atoms with van der Waals surface area (Å²) >= 11 is 0. The molecular weight excluding hydrogens is 471 g/mol. The van der Waals surface area contributed by atoms with E-state index in [1.165, 1.54) is 62.8 Å². The molecule has 214 valence electrons. The second kappa shape index (κ2) is 22.1. The third-order valence-corrected chi connectivity index (χ3v) is 6.83. The summed E-state index contributed by atoms with van der Waals surface area (Å²) in [5, 5.41) is 0. The summed E-state index contributed by atoms with van der Waals surface area (Å²) in [7, 11) is 0. The summed E-state index contributed by atoms with van der Waals surface area (Å²) in [6.45, 7) is 18.3. The first-order valence-electron chi connectivity index (χ1n) is 14.4. The number of aliphatic imine (C=N–C) groups is 1. The van der Waals surface area contributed by atoms with Gasteiger partial charge < -0.3 is 0 Å². The smallest absolute Gasteiger partial charge is 0.298 e. The van der Waals surface area contributed by atoms with Crippen LogP contribution >= 0.6 is 0 Å². The first-order chi connectivity index (χ1) is 17.6. The normalized spacial score (nSPS) is 19.9. The lowest BCUT2D eigenvalue weighted by molar-refractivity contribution is -0.146. The molecule has 2 nitrogen and oxygen atoms in total. The quantitative estimate of drug-likeness (QED) is 0.233. The average molecular weight is 526 g/mol. The highest BCUT2D eigenvalue weighted by Crippen LogP contribution is 2.37. The topological polar surface area (TPSA) is 29.4 Å². The summed E-state index contributed by atoms with van der Waals surface area (Å²) in [4.78, 5) is 15.0. The standard InChI is InChI=1S/C18H33N.C10H9F3O.2C2H6/c1-5-7-8-13-19-16(4)18-12-9-11-17(14-18)15(3)10-6-2;1-7(10(11,12)13)9-4-2-8(6-14)3-5-9;2*1-2/h7-8,13,15-18H,5-6,9-12,14H2,1-4H3;2-7H,1H3;2*1-2H3/b8-7-,19-13?;;;. The van der Waals surface area contributed by atoms with Crippen molar-refractivity contribution in [3.8, 4) is 0 Å². The largest absolute Gasteiger partial charge is 0.395 e. The molecule has 37 heavy (non-hydrogen) atoms. The fourth-order valence-electron chi connectivity index (χ4n) is 4.47. The minimum atomic E-state index is -4.23. The lowest BCUT2D eigenvalue weighted by Gasteiger charge is -2.34. The van der Waals surface area contributed by atoms with Crippen LogP contribution in [0.4, 0.5) is 13.2 Å². The van der Waals surface area contributed by atoms with Gasteiger partial charge in [0.25, 0.3) is 0 Å². The highest BCUT2D eigenvalue weighted by Gasteiger charge is 2.36. The van der Waals surface area contributed by atoms with Crippen LogP contribution in [0.1, 0.15) is 129 Å². The molecular formula is C32H54F3NO. The van der Waals surface area contributed by atoms with Crippen molar-refractivity contribution < 1.29 is 18.0 Å².